The van der Waals surface area contributed by atoms with Crippen LogP contribution in [0.25, 0.3) is 0 Å². The Balaban J connectivity index is 1.65. The predicted molar refractivity (Wildman–Crippen MR) is 102 cm³/mol. The van der Waals surface area contributed by atoms with Crippen LogP contribution in [0, 0.1) is 16.7 Å². The Morgan fingerprint density at radius 3 is 2.80 bits per heavy atom. The van der Waals surface area contributed by atoms with Crippen molar-refractivity contribution in [2.45, 2.75) is 59.5 Å². The standard InChI is InChI=1S/C20H37N3O2/c1-5-21-18(23-10-8-20(14-23)9-12-24-15-20)22-13-16-7-6-11-25-17(16)19(2,3)4/h16-17H,5-15H2,1-4H3,(H,21,22). The molecule has 144 valence electrons. The maximum Gasteiger partial charge on any atom is 0.193 e. The summed E-state index contributed by atoms with van der Waals surface area (Å²) in [4.78, 5) is 7.50. The van der Waals surface area contributed by atoms with Gasteiger partial charge in [-0.15, -0.1) is 0 Å². The van der Waals surface area contributed by atoms with Gasteiger partial charge in [0.05, 0.1) is 12.7 Å². The van der Waals surface area contributed by atoms with Gasteiger partial charge in [0.15, 0.2) is 5.96 Å². The van der Waals surface area contributed by atoms with Gasteiger partial charge in [-0.2, -0.15) is 0 Å². The zero-order chi connectivity index (χ0) is 17.9. The van der Waals surface area contributed by atoms with Crippen LogP contribution in [0.2, 0.25) is 0 Å². The fourth-order valence-corrected chi connectivity index (χ4v) is 4.70. The van der Waals surface area contributed by atoms with Crippen LogP contribution in [0.4, 0.5) is 0 Å². The molecule has 0 radical (unpaired) electrons. The van der Waals surface area contributed by atoms with E-state index in [1.807, 2.05) is 0 Å². The number of guanidine groups is 1. The first-order valence-corrected chi connectivity index (χ1v) is 10.2. The van der Waals surface area contributed by atoms with E-state index in [0.29, 0.717) is 17.4 Å². The van der Waals surface area contributed by atoms with Crippen molar-refractivity contribution in [2.75, 3.05) is 46.0 Å². The lowest BCUT2D eigenvalue weighted by Gasteiger charge is -2.39. The number of nitrogens with one attached hydrogen (secondary N) is 1. The maximum absolute atomic E-state index is 6.13. The first-order valence-electron chi connectivity index (χ1n) is 10.2. The van der Waals surface area contributed by atoms with E-state index in [4.69, 9.17) is 14.5 Å². The van der Waals surface area contributed by atoms with E-state index in [0.717, 1.165) is 58.4 Å². The minimum Gasteiger partial charge on any atom is -0.381 e. The third kappa shape index (κ3) is 4.48. The lowest BCUT2D eigenvalue weighted by atomic mass is 9.78. The second-order valence-corrected chi connectivity index (χ2v) is 9.23. The first-order chi connectivity index (χ1) is 11.9. The second-order valence-electron chi connectivity index (χ2n) is 9.23. The summed E-state index contributed by atoms with van der Waals surface area (Å²) in [6.45, 7) is 15.7. The smallest absolute Gasteiger partial charge is 0.193 e. The van der Waals surface area contributed by atoms with E-state index in [1.165, 1.54) is 19.3 Å². The number of nitrogens with zero attached hydrogens (tertiary/aromatic N) is 2. The molecule has 3 rings (SSSR count). The van der Waals surface area contributed by atoms with Gasteiger partial charge in [-0.25, -0.2) is 0 Å². The van der Waals surface area contributed by atoms with E-state index in [9.17, 15) is 0 Å². The molecule has 0 aromatic heterocycles. The van der Waals surface area contributed by atoms with Crippen LogP contribution in [-0.2, 0) is 9.47 Å². The number of rotatable bonds is 3. The Hall–Kier alpha value is -0.810. The van der Waals surface area contributed by atoms with Gasteiger partial charge < -0.3 is 19.7 Å². The normalized spacial score (nSPS) is 34.1. The Bertz CT molecular complexity index is 466. The summed E-state index contributed by atoms with van der Waals surface area (Å²) in [7, 11) is 0. The molecule has 5 heteroatoms. The molecule has 1 N–H and O–H groups in total. The molecule has 0 aromatic rings. The minimum atomic E-state index is 0.178. The van der Waals surface area contributed by atoms with E-state index in [2.05, 4.69) is 37.9 Å². The summed E-state index contributed by atoms with van der Waals surface area (Å²) in [6.07, 6.45) is 5.12. The first kappa shape index (κ1) is 19.0. The zero-order valence-corrected chi connectivity index (χ0v) is 16.6. The number of likely N-dealkylation sites (tertiary alicyclic amines) is 1. The average molecular weight is 352 g/mol. The molecule has 3 heterocycles. The number of hydrogen-bond acceptors (Lipinski definition) is 3. The van der Waals surface area contributed by atoms with Gasteiger partial charge in [-0.05, 0) is 38.0 Å². The van der Waals surface area contributed by atoms with E-state index >= 15 is 0 Å². The Morgan fingerprint density at radius 2 is 2.12 bits per heavy atom. The average Bonchev–Trinajstić information content (AvgIpc) is 3.21. The third-order valence-electron chi connectivity index (χ3n) is 6.03. The second kappa shape index (κ2) is 7.83. The van der Waals surface area contributed by atoms with Gasteiger partial charge in [-0.3, -0.25) is 4.99 Å². The van der Waals surface area contributed by atoms with Crippen molar-refractivity contribution in [1.29, 1.82) is 0 Å². The molecule has 0 saturated carbocycles. The van der Waals surface area contributed by atoms with E-state index < -0.39 is 0 Å². The Labute approximate surface area is 153 Å². The summed E-state index contributed by atoms with van der Waals surface area (Å²) >= 11 is 0. The van der Waals surface area contributed by atoms with E-state index in [1.54, 1.807) is 0 Å². The third-order valence-corrected chi connectivity index (χ3v) is 6.03. The van der Waals surface area contributed by atoms with Crippen LogP contribution in [0.3, 0.4) is 0 Å². The lowest BCUT2D eigenvalue weighted by molar-refractivity contribution is -0.0824. The van der Waals surface area contributed by atoms with Crippen LogP contribution >= 0.6 is 0 Å². The molecular formula is C20H37N3O2. The summed E-state index contributed by atoms with van der Waals surface area (Å²) in [5.41, 5.74) is 0.552. The summed E-state index contributed by atoms with van der Waals surface area (Å²) in [6, 6.07) is 0. The van der Waals surface area contributed by atoms with Crippen molar-refractivity contribution in [3.63, 3.8) is 0 Å². The molecule has 5 nitrogen and oxygen atoms in total. The molecule has 0 bridgehead atoms. The number of hydrogen-bond donors (Lipinski definition) is 1. The van der Waals surface area contributed by atoms with Gasteiger partial charge in [0.1, 0.15) is 0 Å². The molecule has 3 aliphatic heterocycles. The molecule has 0 amide bonds. The highest BCUT2D eigenvalue weighted by Gasteiger charge is 2.42. The molecule has 3 saturated heterocycles. The molecule has 3 atom stereocenters. The van der Waals surface area contributed by atoms with Crippen molar-refractivity contribution >= 4 is 5.96 Å². The quantitative estimate of drug-likeness (QED) is 0.627. The SMILES string of the molecule is CCNC(=NCC1CCCOC1C(C)(C)C)N1CCC2(CCOC2)C1. The van der Waals surface area contributed by atoms with Crippen molar-refractivity contribution in [3.05, 3.63) is 0 Å². The van der Waals surface area contributed by atoms with Crippen molar-refractivity contribution < 1.29 is 9.47 Å². The molecule has 1 spiro atoms. The van der Waals surface area contributed by atoms with E-state index in [-0.39, 0.29) is 5.41 Å². The van der Waals surface area contributed by atoms with Crippen LogP contribution in [0.15, 0.2) is 4.99 Å². The van der Waals surface area contributed by atoms with Crippen LogP contribution in [0.1, 0.15) is 53.4 Å². The molecule has 3 unspecified atom stereocenters. The van der Waals surface area contributed by atoms with Crippen molar-refractivity contribution in [1.82, 2.24) is 10.2 Å². The van der Waals surface area contributed by atoms with Crippen LogP contribution in [0.5, 0.6) is 0 Å². The predicted octanol–water partition coefficient (Wildman–Crippen LogP) is 2.91. The topological polar surface area (TPSA) is 46.1 Å². The van der Waals surface area contributed by atoms with Gasteiger partial charge in [0, 0.05) is 50.7 Å². The highest BCUT2D eigenvalue weighted by Crippen LogP contribution is 2.38. The fraction of sp³-hybridized carbons (Fsp3) is 0.950. The summed E-state index contributed by atoms with van der Waals surface area (Å²) in [5, 5.41) is 3.52. The fourth-order valence-electron chi connectivity index (χ4n) is 4.70. The minimum absolute atomic E-state index is 0.178. The molecule has 0 aromatic carbocycles. The highest BCUT2D eigenvalue weighted by atomic mass is 16.5. The van der Waals surface area contributed by atoms with Crippen molar-refractivity contribution in [3.8, 4) is 0 Å². The number of aliphatic imine (C=N–C) groups is 1. The Kier molecular flexibility index (Phi) is 5.94. The largest absolute Gasteiger partial charge is 0.381 e. The molecule has 25 heavy (non-hydrogen) atoms. The molecule has 3 fully saturated rings. The Morgan fingerprint density at radius 1 is 1.28 bits per heavy atom. The molecule has 0 aliphatic carbocycles. The molecular weight excluding hydrogens is 314 g/mol. The van der Waals surface area contributed by atoms with Crippen molar-refractivity contribution in [2.24, 2.45) is 21.7 Å². The lowest BCUT2D eigenvalue weighted by Crippen LogP contribution is -2.44. The zero-order valence-electron chi connectivity index (χ0n) is 16.6. The van der Waals surface area contributed by atoms with Gasteiger partial charge >= 0.3 is 0 Å². The molecule has 3 aliphatic rings. The summed E-state index contributed by atoms with van der Waals surface area (Å²) < 4.78 is 11.8. The monoisotopic (exact) mass is 351 g/mol. The summed E-state index contributed by atoms with van der Waals surface area (Å²) in [5.74, 6) is 1.61. The van der Waals surface area contributed by atoms with Gasteiger partial charge in [0.25, 0.3) is 0 Å². The van der Waals surface area contributed by atoms with Crippen LogP contribution < -0.4 is 5.32 Å². The highest BCUT2D eigenvalue weighted by molar-refractivity contribution is 5.80. The van der Waals surface area contributed by atoms with Gasteiger partial charge in [0.2, 0.25) is 0 Å². The maximum atomic E-state index is 6.13. The van der Waals surface area contributed by atoms with Gasteiger partial charge in [-0.1, -0.05) is 20.8 Å². The number of ether oxygens (including phenoxy) is 2. The van der Waals surface area contributed by atoms with Crippen LogP contribution in [-0.4, -0.2) is 63.0 Å².